The Kier molecular flexibility index (Phi) is 5.01. The van der Waals surface area contributed by atoms with Crippen LogP contribution in [-0.2, 0) is 0 Å². The van der Waals surface area contributed by atoms with Crippen molar-refractivity contribution in [3.05, 3.63) is 129 Å². The third-order valence-electron chi connectivity index (χ3n) is 5.14. The van der Waals surface area contributed by atoms with E-state index in [9.17, 15) is 9.59 Å². The van der Waals surface area contributed by atoms with Gasteiger partial charge in [-0.25, -0.2) is 0 Å². The summed E-state index contributed by atoms with van der Waals surface area (Å²) in [5.74, 6) is 0. The summed E-state index contributed by atoms with van der Waals surface area (Å²) in [5.41, 5.74) is 2.79. The molecule has 0 aliphatic heterocycles. The predicted molar refractivity (Wildman–Crippen MR) is 129 cm³/mol. The van der Waals surface area contributed by atoms with Crippen molar-refractivity contribution in [3.63, 3.8) is 0 Å². The van der Waals surface area contributed by atoms with E-state index in [4.69, 9.17) is 0 Å². The first-order valence-corrected chi connectivity index (χ1v) is 10.1. The van der Waals surface area contributed by atoms with Gasteiger partial charge in [0.25, 0.3) is 11.1 Å². The van der Waals surface area contributed by atoms with Crippen molar-refractivity contribution < 1.29 is 0 Å². The zero-order valence-corrected chi connectivity index (χ0v) is 17.0. The van der Waals surface area contributed by atoms with E-state index in [0.717, 1.165) is 32.9 Å². The van der Waals surface area contributed by atoms with Crippen molar-refractivity contribution in [3.8, 4) is 0 Å². The maximum atomic E-state index is 12.3. The largest absolute Gasteiger partial charge is 0.271 e. The fraction of sp³-hybridized carbons (Fsp3) is 0. The highest BCUT2D eigenvalue weighted by Crippen LogP contribution is 2.12. The van der Waals surface area contributed by atoms with E-state index in [2.05, 4.69) is 10.2 Å². The Bertz CT molecular complexity index is 1490. The molecule has 3 aromatic carbocycles. The third kappa shape index (κ3) is 3.77. The van der Waals surface area contributed by atoms with Crippen LogP contribution in [0.1, 0.15) is 11.1 Å². The molecule has 6 heteroatoms. The van der Waals surface area contributed by atoms with E-state index in [0.29, 0.717) is 0 Å². The van der Waals surface area contributed by atoms with Gasteiger partial charge in [-0.1, -0.05) is 60.7 Å². The number of nitrogens with zero attached hydrogens (tertiary/aromatic N) is 4. The quantitative estimate of drug-likeness (QED) is 0.413. The minimum absolute atomic E-state index is 0.191. The van der Waals surface area contributed by atoms with Crippen LogP contribution in [0.3, 0.4) is 0 Å². The summed E-state index contributed by atoms with van der Waals surface area (Å²) in [4.78, 5) is 24.5. The van der Waals surface area contributed by atoms with Crippen LogP contribution >= 0.6 is 0 Å². The van der Waals surface area contributed by atoms with Crippen LogP contribution in [0, 0.1) is 0 Å². The van der Waals surface area contributed by atoms with Crippen LogP contribution in [0.2, 0.25) is 0 Å². The first-order chi connectivity index (χ1) is 15.7. The van der Waals surface area contributed by atoms with Gasteiger partial charge in [0.2, 0.25) is 0 Å². The Morgan fingerprint density at radius 1 is 0.500 bits per heavy atom. The van der Waals surface area contributed by atoms with Gasteiger partial charge in [0.1, 0.15) is 0 Å². The van der Waals surface area contributed by atoms with E-state index in [1.807, 2.05) is 72.8 Å². The minimum atomic E-state index is -0.191. The summed E-state index contributed by atoms with van der Waals surface area (Å²) in [7, 11) is 0. The molecule has 0 amide bonds. The van der Waals surface area contributed by atoms with Gasteiger partial charge in [-0.05, 0) is 35.4 Å². The first-order valence-electron chi connectivity index (χ1n) is 10.1. The molecular weight excluding hydrogens is 400 g/mol. The summed E-state index contributed by atoms with van der Waals surface area (Å²) >= 11 is 0. The molecule has 2 heterocycles. The number of benzene rings is 3. The highest BCUT2D eigenvalue weighted by Gasteiger charge is 2.02. The van der Waals surface area contributed by atoms with Gasteiger partial charge in [-0.3, -0.25) is 9.59 Å². The molecule has 0 aliphatic rings. The van der Waals surface area contributed by atoms with Crippen molar-refractivity contribution in [1.82, 2.24) is 9.35 Å². The number of para-hydroxylation sites is 2. The normalized spacial score (nSPS) is 11.8. The van der Waals surface area contributed by atoms with E-state index < -0.39 is 0 Å². The number of hydrogen-bond acceptors (Lipinski definition) is 4. The lowest BCUT2D eigenvalue weighted by molar-refractivity contribution is 0.875. The molecule has 5 aromatic rings. The summed E-state index contributed by atoms with van der Waals surface area (Å²) in [5, 5.41) is 10.6. The van der Waals surface area contributed by atoms with Gasteiger partial charge in [-0.15, -0.1) is 0 Å². The highest BCUT2D eigenvalue weighted by molar-refractivity contribution is 5.85. The van der Waals surface area contributed by atoms with Crippen molar-refractivity contribution >= 4 is 34.2 Å². The lowest BCUT2D eigenvalue weighted by Crippen LogP contribution is -2.15. The molecule has 0 aliphatic carbocycles. The second-order valence-corrected chi connectivity index (χ2v) is 7.24. The molecule has 32 heavy (non-hydrogen) atoms. The summed E-state index contributed by atoms with van der Waals surface area (Å²) < 4.78 is 2.77. The van der Waals surface area contributed by atoms with Gasteiger partial charge in [-0.2, -0.15) is 19.6 Å². The number of aromatic nitrogens is 2. The lowest BCUT2D eigenvalue weighted by Gasteiger charge is -2.04. The zero-order valence-electron chi connectivity index (χ0n) is 17.0. The van der Waals surface area contributed by atoms with Crippen LogP contribution in [-0.4, -0.2) is 21.8 Å². The second kappa shape index (κ2) is 8.28. The van der Waals surface area contributed by atoms with Gasteiger partial charge in [0.05, 0.1) is 23.5 Å². The molecule has 2 aromatic heterocycles. The van der Waals surface area contributed by atoms with Crippen LogP contribution < -0.4 is 11.1 Å². The monoisotopic (exact) mass is 418 g/mol. The molecule has 0 unspecified atom stereocenters. The molecule has 154 valence electrons. The molecule has 0 saturated carbocycles. The molecule has 5 rings (SSSR count). The zero-order chi connectivity index (χ0) is 21.9. The highest BCUT2D eigenvalue weighted by atomic mass is 16.1. The maximum absolute atomic E-state index is 12.3. The van der Waals surface area contributed by atoms with E-state index in [-0.39, 0.29) is 11.1 Å². The fourth-order valence-electron chi connectivity index (χ4n) is 3.50. The van der Waals surface area contributed by atoms with Crippen molar-refractivity contribution in [2.24, 2.45) is 10.2 Å². The molecule has 0 N–H and O–H groups in total. The van der Waals surface area contributed by atoms with E-state index >= 15 is 0 Å². The standard InChI is InChI=1S/C26H18N4O2/c31-25-15-13-21-5-1-3-7-23(21)29(25)27-17-19-9-11-20(12-10-19)18-28-30-24-8-4-2-6-22(24)14-16-26(30)32/h1-18H/b27-17-,28-18+. The Morgan fingerprint density at radius 2 is 0.906 bits per heavy atom. The van der Waals surface area contributed by atoms with Crippen LogP contribution in [0.5, 0.6) is 0 Å². The molecular formula is C26H18N4O2. The Balaban J connectivity index is 1.42. The van der Waals surface area contributed by atoms with E-state index in [1.54, 1.807) is 24.6 Å². The molecule has 0 bridgehead atoms. The summed E-state index contributed by atoms with van der Waals surface area (Å²) in [6.45, 7) is 0. The Morgan fingerprint density at radius 3 is 1.34 bits per heavy atom. The molecule has 0 atom stereocenters. The van der Waals surface area contributed by atoms with Crippen LogP contribution in [0.25, 0.3) is 21.8 Å². The fourth-order valence-corrected chi connectivity index (χ4v) is 3.50. The van der Waals surface area contributed by atoms with Crippen LogP contribution in [0.15, 0.2) is 117 Å². The molecule has 0 spiro atoms. The molecule has 6 nitrogen and oxygen atoms in total. The average molecular weight is 418 g/mol. The number of hydrogen-bond donors (Lipinski definition) is 0. The Labute approximate surface area is 183 Å². The smallest absolute Gasteiger partial charge is 0.267 e. The molecule has 0 radical (unpaired) electrons. The molecule has 0 saturated heterocycles. The average Bonchev–Trinajstić information content (AvgIpc) is 2.83. The van der Waals surface area contributed by atoms with Gasteiger partial charge in [0, 0.05) is 22.9 Å². The summed E-state index contributed by atoms with van der Waals surface area (Å²) in [6, 6.07) is 29.3. The number of fused-ring (bicyclic) bond motifs is 2. The van der Waals surface area contributed by atoms with Crippen molar-refractivity contribution in [2.75, 3.05) is 0 Å². The SMILES string of the molecule is O=c1ccc2ccccc2n1/N=C\c1ccc(/C=N/n2c(=O)ccc3ccccc32)cc1. The third-order valence-corrected chi connectivity index (χ3v) is 5.14. The second-order valence-electron chi connectivity index (χ2n) is 7.24. The summed E-state index contributed by atoms with van der Waals surface area (Å²) in [6.07, 6.45) is 3.29. The van der Waals surface area contributed by atoms with Crippen LogP contribution in [0.4, 0.5) is 0 Å². The van der Waals surface area contributed by atoms with Gasteiger partial charge >= 0.3 is 0 Å². The molecule has 0 fully saturated rings. The number of rotatable bonds is 4. The first kappa shape index (κ1) is 19.4. The van der Waals surface area contributed by atoms with Gasteiger partial charge < -0.3 is 0 Å². The minimum Gasteiger partial charge on any atom is -0.267 e. The predicted octanol–water partition coefficient (Wildman–Crippen LogP) is 4.08. The lowest BCUT2D eigenvalue weighted by atomic mass is 10.2. The van der Waals surface area contributed by atoms with E-state index in [1.165, 1.54) is 21.5 Å². The van der Waals surface area contributed by atoms with Crippen molar-refractivity contribution in [2.45, 2.75) is 0 Å². The topological polar surface area (TPSA) is 68.7 Å². The Hall–Kier alpha value is -4.58. The number of pyridine rings is 2. The van der Waals surface area contributed by atoms with Gasteiger partial charge in [0.15, 0.2) is 0 Å². The maximum Gasteiger partial charge on any atom is 0.271 e. The van der Waals surface area contributed by atoms with Crippen molar-refractivity contribution in [1.29, 1.82) is 0 Å².